The minimum Gasteiger partial charge on any atom is -0.394 e. The van der Waals surface area contributed by atoms with Crippen molar-refractivity contribution < 1.29 is 89.4 Å². The van der Waals surface area contributed by atoms with Crippen LogP contribution in [-0.2, 0) is 33.2 Å². The van der Waals surface area contributed by atoms with Gasteiger partial charge in [0.1, 0.15) is 73.2 Å². The summed E-state index contributed by atoms with van der Waals surface area (Å²) in [6, 6.07) is -1.02. The van der Waals surface area contributed by atoms with E-state index in [1.165, 1.54) is 25.7 Å². The highest BCUT2D eigenvalue weighted by molar-refractivity contribution is 5.76. The first kappa shape index (κ1) is 64.3. The summed E-state index contributed by atoms with van der Waals surface area (Å²) < 4.78 is 34.0. The maximum atomic E-state index is 13.2. The largest absolute Gasteiger partial charge is 0.394 e. The van der Waals surface area contributed by atoms with Gasteiger partial charge in [-0.05, 0) is 57.8 Å². The van der Waals surface area contributed by atoms with Crippen LogP contribution in [0.4, 0.5) is 0 Å². The molecule has 3 rings (SSSR count). The highest BCUT2D eigenvalue weighted by Gasteiger charge is 2.53. The molecule has 0 saturated carbocycles. The fraction of sp³-hybridized carbons (Fsp3) is 0.722. The first-order valence-corrected chi connectivity index (χ1v) is 26.3. The third-order valence-corrected chi connectivity index (χ3v) is 12.7. The van der Waals surface area contributed by atoms with Crippen LogP contribution in [0.3, 0.4) is 0 Å². The molecule has 3 fully saturated rings. The highest BCUT2D eigenvalue weighted by Crippen LogP contribution is 2.33. The Hall–Kier alpha value is -3.03. The summed E-state index contributed by atoms with van der Waals surface area (Å²) in [6.07, 6.45) is 16.1. The molecule has 17 unspecified atom stereocenters. The van der Waals surface area contributed by atoms with Crippen molar-refractivity contribution in [1.82, 2.24) is 5.32 Å². The van der Waals surface area contributed by atoms with E-state index in [4.69, 9.17) is 28.4 Å². The number of aliphatic hydroxyl groups is 11. The summed E-state index contributed by atoms with van der Waals surface area (Å²) in [5.74, 6) is -0.366. The zero-order chi connectivity index (χ0) is 53.4. The quantitative estimate of drug-likeness (QED) is 0.0321. The van der Waals surface area contributed by atoms with Gasteiger partial charge in [0.25, 0.3) is 0 Å². The lowest BCUT2D eigenvalue weighted by molar-refractivity contribution is -0.379. The van der Waals surface area contributed by atoms with Gasteiger partial charge in [-0.1, -0.05) is 137 Å². The van der Waals surface area contributed by atoms with Crippen molar-refractivity contribution in [3.63, 3.8) is 0 Å². The first-order valence-electron chi connectivity index (χ1n) is 26.3. The average Bonchev–Trinajstić information content (AvgIpc) is 3.39. The number of aliphatic hydroxyl groups excluding tert-OH is 11. The Morgan fingerprint density at radius 1 is 0.507 bits per heavy atom. The molecular weight excluding hydrogens is 951 g/mol. The minimum absolute atomic E-state index is 0.113. The lowest BCUT2D eigenvalue weighted by Gasteiger charge is -2.48. The molecule has 418 valence electrons. The van der Waals surface area contributed by atoms with Gasteiger partial charge in [-0.3, -0.25) is 4.79 Å². The van der Waals surface area contributed by atoms with Crippen LogP contribution in [0.5, 0.6) is 0 Å². The van der Waals surface area contributed by atoms with E-state index in [0.29, 0.717) is 19.3 Å². The van der Waals surface area contributed by atoms with Gasteiger partial charge in [0.2, 0.25) is 5.91 Å². The van der Waals surface area contributed by atoms with E-state index in [1.807, 2.05) is 18.2 Å². The van der Waals surface area contributed by atoms with Gasteiger partial charge in [0.15, 0.2) is 18.9 Å². The van der Waals surface area contributed by atoms with Gasteiger partial charge in [0, 0.05) is 6.42 Å². The number of carbonyl (C=O) groups is 1. The lowest BCUT2D eigenvalue weighted by atomic mass is 9.96. The summed E-state index contributed by atoms with van der Waals surface area (Å²) >= 11 is 0. The van der Waals surface area contributed by atoms with Crippen LogP contribution in [0.2, 0.25) is 0 Å². The smallest absolute Gasteiger partial charge is 0.220 e. The predicted octanol–water partition coefficient (Wildman–Crippen LogP) is 2.47. The molecule has 3 aliphatic rings. The molecule has 0 aromatic carbocycles. The van der Waals surface area contributed by atoms with E-state index in [1.54, 1.807) is 6.08 Å². The van der Waals surface area contributed by atoms with Crippen LogP contribution in [0.1, 0.15) is 117 Å². The molecule has 3 saturated heterocycles. The van der Waals surface area contributed by atoms with E-state index >= 15 is 0 Å². The molecule has 0 aromatic heterocycles. The predicted molar refractivity (Wildman–Crippen MR) is 272 cm³/mol. The van der Waals surface area contributed by atoms with E-state index < -0.39 is 131 Å². The van der Waals surface area contributed by atoms with Gasteiger partial charge >= 0.3 is 0 Å². The average molecular weight is 1040 g/mol. The van der Waals surface area contributed by atoms with Crippen LogP contribution in [0.15, 0.2) is 85.1 Å². The molecule has 19 nitrogen and oxygen atoms in total. The number of carbonyl (C=O) groups excluding carboxylic acids is 1. The van der Waals surface area contributed by atoms with Crippen LogP contribution >= 0.6 is 0 Å². The molecule has 3 heterocycles. The van der Waals surface area contributed by atoms with Gasteiger partial charge in [0.05, 0.1) is 38.6 Å². The van der Waals surface area contributed by atoms with E-state index in [2.05, 4.69) is 79.9 Å². The minimum atomic E-state index is -1.99. The van der Waals surface area contributed by atoms with Crippen molar-refractivity contribution in [2.75, 3.05) is 26.4 Å². The highest BCUT2D eigenvalue weighted by atomic mass is 16.8. The second-order valence-electron chi connectivity index (χ2n) is 18.6. The van der Waals surface area contributed by atoms with Crippen molar-refractivity contribution in [2.45, 2.75) is 221 Å². The Labute approximate surface area is 431 Å². The molecule has 12 N–H and O–H groups in total. The molecule has 17 atom stereocenters. The van der Waals surface area contributed by atoms with E-state index in [9.17, 15) is 61.0 Å². The molecule has 0 aliphatic carbocycles. The molecule has 0 radical (unpaired) electrons. The van der Waals surface area contributed by atoms with Crippen molar-refractivity contribution in [3.05, 3.63) is 85.1 Å². The normalized spacial score (nSPS) is 32.4. The monoisotopic (exact) mass is 1040 g/mol. The molecule has 0 aromatic rings. The van der Waals surface area contributed by atoms with Gasteiger partial charge in [-0.25, -0.2) is 0 Å². The number of hydrogen-bond donors (Lipinski definition) is 12. The number of ether oxygens (including phenoxy) is 6. The zero-order valence-electron chi connectivity index (χ0n) is 42.8. The fourth-order valence-corrected chi connectivity index (χ4v) is 8.33. The number of hydrogen-bond acceptors (Lipinski definition) is 18. The second-order valence-corrected chi connectivity index (χ2v) is 18.6. The number of amides is 1. The maximum Gasteiger partial charge on any atom is 0.220 e. The third kappa shape index (κ3) is 23.0. The van der Waals surface area contributed by atoms with Crippen LogP contribution in [0.25, 0.3) is 0 Å². The van der Waals surface area contributed by atoms with Gasteiger partial charge < -0.3 is 89.9 Å². The fourth-order valence-electron chi connectivity index (χ4n) is 8.33. The van der Waals surface area contributed by atoms with Crippen LogP contribution in [-0.4, -0.2) is 193 Å². The van der Waals surface area contributed by atoms with Crippen molar-refractivity contribution in [3.8, 4) is 0 Å². The summed E-state index contributed by atoms with van der Waals surface area (Å²) in [7, 11) is 0. The third-order valence-electron chi connectivity index (χ3n) is 12.7. The van der Waals surface area contributed by atoms with E-state index in [-0.39, 0.29) is 12.3 Å². The molecule has 19 heteroatoms. The van der Waals surface area contributed by atoms with Crippen molar-refractivity contribution in [1.29, 1.82) is 0 Å². The molecule has 0 spiro atoms. The zero-order valence-corrected chi connectivity index (χ0v) is 42.8. The number of rotatable bonds is 35. The Morgan fingerprint density at radius 2 is 0.945 bits per heavy atom. The molecule has 1 amide bonds. The van der Waals surface area contributed by atoms with Crippen molar-refractivity contribution >= 4 is 5.91 Å². The topological polar surface area (TPSA) is 307 Å². The van der Waals surface area contributed by atoms with Gasteiger partial charge in [-0.15, -0.1) is 0 Å². The Balaban J connectivity index is 1.55. The van der Waals surface area contributed by atoms with Crippen molar-refractivity contribution in [2.24, 2.45) is 0 Å². The standard InChI is InChI=1S/C54H89NO18/c1-3-5-7-9-11-13-14-15-16-17-18-19-20-21-22-24-26-28-30-32-42(60)55-37(38(59)31-29-27-25-23-12-10-8-6-4-2)36-68-52-48(66)45(63)50(40(34-57)70-52)73-54-49(67)46(64)51(41(35-58)71-54)72-53-47(65)44(62)43(61)39(33-56)69-53/h5,7,11,13,15-16,18-19,21-22,26,28-29,31,37-41,43-54,56-59,61-67H,3-4,6,8-10,12,14,17,20,23-25,27,30,32-36H2,1-2H3,(H,55,60)/b7-5-,13-11-,16-15-,19-18-,22-21-,28-26-,31-29+. The maximum absolute atomic E-state index is 13.2. The number of nitrogens with one attached hydrogen (secondary N) is 1. The summed E-state index contributed by atoms with van der Waals surface area (Å²) in [6.45, 7) is 1.46. The SMILES string of the molecule is CC/C=C\C/C=C\C/C=C\C/C=C\C/C=C\C/C=C\CCC(=O)NC(COC1OC(CO)C(OC2OC(CO)C(OC3OC(CO)C(O)C(O)C3O)C(O)C2O)C(O)C1O)C(O)/C=C/CCCCCCCCC. The molecule has 0 bridgehead atoms. The number of unbranched alkanes of at least 4 members (excludes halogenated alkanes) is 7. The summed E-state index contributed by atoms with van der Waals surface area (Å²) in [5, 5.41) is 119. The second kappa shape index (κ2) is 37.7. The Kier molecular flexibility index (Phi) is 33.2. The van der Waals surface area contributed by atoms with Crippen LogP contribution in [0, 0.1) is 0 Å². The molecule has 3 aliphatic heterocycles. The Bertz CT molecular complexity index is 1670. The lowest BCUT2D eigenvalue weighted by Crippen LogP contribution is -2.66. The summed E-state index contributed by atoms with van der Waals surface area (Å²) in [5.41, 5.74) is 0. The first-order chi connectivity index (χ1) is 35.3. The van der Waals surface area contributed by atoms with E-state index in [0.717, 1.165) is 51.4 Å². The summed E-state index contributed by atoms with van der Waals surface area (Å²) in [4.78, 5) is 13.2. The van der Waals surface area contributed by atoms with Gasteiger partial charge in [-0.2, -0.15) is 0 Å². The van der Waals surface area contributed by atoms with Crippen LogP contribution < -0.4 is 5.32 Å². The molecule has 73 heavy (non-hydrogen) atoms. The number of allylic oxidation sites excluding steroid dienone is 13. The Morgan fingerprint density at radius 3 is 1.45 bits per heavy atom. The molecular formula is C54H89NO18.